The molecule has 8 heteroatoms. The number of nitrogens with zero attached hydrogens (tertiary/aromatic N) is 2. The van der Waals surface area contributed by atoms with E-state index in [9.17, 15) is 4.79 Å². The molecule has 7 nitrogen and oxygen atoms in total. The third-order valence-corrected chi connectivity index (χ3v) is 5.23. The summed E-state index contributed by atoms with van der Waals surface area (Å²) in [5.41, 5.74) is 1.62. The van der Waals surface area contributed by atoms with Gasteiger partial charge in [-0.3, -0.25) is 0 Å². The number of hydrogen-bond acceptors (Lipinski definition) is 6. The topological polar surface area (TPSA) is 83.9 Å². The molecular formula is C20H27N3O4S. The van der Waals surface area contributed by atoms with E-state index in [1.54, 1.807) is 7.11 Å². The quantitative estimate of drug-likeness (QED) is 0.669. The fourth-order valence-electron chi connectivity index (χ4n) is 2.84. The molecule has 2 aromatic rings. The predicted molar refractivity (Wildman–Crippen MR) is 108 cm³/mol. The first kappa shape index (κ1) is 20.4. The molecule has 152 valence electrons. The fraction of sp³-hybridized carbons (Fsp3) is 0.500. The van der Waals surface area contributed by atoms with E-state index < -0.39 is 0 Å². The van der Waals surface area contributed by atoms with Gasteiger partial charge in [0, 0.05) is 24.0 Å². The van der Waals surface area contributed by atoms with E-state index in [2.05, 4.69) is 10.3 Å². The van der Waals surface area contributed by atoms with Crippen molar-refractivity contribution in [2.24, 2.45) is 0 Å². The van der Waals surface area contributed by atoms with Gasteiger partial charge < -0.3 is 24.8 Å². The van der Waals surface area contributed by atoms with Crippen LogP contribution in [0.25, 0.3) is 0 Å². The molecule has 0 atom stereocenters. The minimum Gasteiger partial charge on any atom is -0.493 e. The van der Waals surface area contributed by atoms with E-state index in [4.69, 9.17) is 14.6 Å². The molecule has 2 amide bonds. The van der Waals surface area contributed by atoms with Crippen LogP contribution in [0.15, 0.2) is 23.6 Å². The maximum atomic E-state index is 12.5. The van der Waals surface area contributed by atoms with E-state index in [-0.39, 0.29) is 18.7 Å². The molecular weight excluding hydrogens is 378 g/mol. The number of thiazole rings is 1. The van der Waals surface area contributed by atoms with Crippen LogP contribution in [0.2, 0.25) is 0 Å². The molecule has 0 unspecified atom stereocenters. The zero-order chi connectivity index (χ0) is 20.1. The molecule has 0 saturated heterocycles. The molecule has 0 spiro atoms. The molecule has 1 aromatic carbocycles. The lowest BCUT2D eigenvalue weighted by atomic mass is 10.2. The van der Waals surface area contributed by atoms with E-state index in [0.29, 0.717) is 36.4 Å². The average Bonchev–Trinajstić information content (AvgIpc) is 3.41. The van der Waals surface area contributed by atoms with Gasteiger partial charge in [-0.15, -0.1) is 11.3 Å². The number of urea groups is 1. The highest BCUT2D eigenvalue weighted by atomic mass is 32.1. The van der Waals surface area contributed by atoms with Gasteiger partial charge in [0.05, 0.1) is 19.4 Å². The highest BCUT2D eigenvalue weighted by molar-refractivity contribution is 7.09. The first-order chi connectivity index (χ1) is 13.5. The van der Waals surface area contributed by atoms with Crippen LogP contribution in [0.5, 0.6) is 11.5 Å². The van der Waals surface area contributed by atoms with Crippen molar-refractivity contribution >= 4 is 17.4 Å². The molecule has 1 heterocycles. The van der Waals surface area contributed by atoms with Gasteiger partial charge in [0.2, 0.25) is 0 Å². The van der Waals surface area contributed by atoms with Crippen molar-refractivity contribution in [2.45, 2.75) is 58.5 Å². The van der Waals surface area contributed by atoms with Crippen molar-refractivity contribution < 1.29 is 19.4 Å². The lowest BCUT2D eigenvalue weighted by Crippen LogP contribution is -2.43. The normalized spacial score (nSPS) is 13.5. The Kier molecular flexibility index (Phi) is 6.74. The number of aliphatic hydroxyl groups is 1. The standard InChI is InChI=1S/C20H27N3O4S/c1-13(2)21-20(25)23(16-5-6-16)9-14-4-7-17(26-3)18(8-14)27-11-19-22-15(10-24)12-28-19/h4,7-8,12-13,16,24H,5-6,9-11H2,1-3H3,(H,21,25). The SMILES string of the molecule is COc1ccc(CN(C(=O)NC(C)C)C2CC2)cc1OCc1nc(CO)cs1. The van der Waals surface area contributed by atoms with E-state index in [1.165, 1.54) is 11.3 Å². The number of methoxy groups -OCH3 is 1. The lowest BCUT2D eigenvalue weighted by molar-refractivity contribution is 0.189. The van der Waals surface area contributed by atoms with Gasteiger partial charge in [0.25, 0.3) is 0 Å². The number of hydrogen-bond donors (Lipinski definition) is 2. The lowest BCUT2D eigenvalue weighted by Gasteiger charge is -2.24. The molecule has 0 radical (unpaired) electrons. The van der Waals surface area contributed by atoms with Gasteiger partial charge in [-0.2, -0.15) is 0 Å². The molecule has 2 N–H and O–H groups in total. The first-order valence-corrected chi connectivity index (χ1v) is 10.3. The summed E-state index contributed by atoms with van der Waals surface area (Å²) >= 11 is 1.45. The Balaban J connectivity index is 1.71. The maximum absolute atomic E-state index is 12.5. The number of amides is 2. The highest BCUT2D eigenvalue weighted by Gasteiger charge is 2.32. The zero-order valence-electron chi connectivity index (χ0n) is 16.5. The maximum Gasteiger partial charge on any atom is 0.318 e. The second-order valence-electron chi connectivity index (χ2n) is 7.13. The number of carbonyl (C=O) groups excluding carboxylic acids is 1. The van der Waals surface area contributed by atoms with Gasteiger partial charge in [-0.1, -0.05) is 6.07 Å². The summed E-state index contributed by atoms with van der Waals surface area (Å²) in [6, 6.07) is 6.10. The Morgan fingerprint density at radius 2 is 2.18 bits per heavy atom. The molecule has 0 bridgehead atoms. The van der Waals surface area contributed by atoms with Gasteiger partial charge in [-0.05, 0) is 44.4 Å². The molecule has 1 aromatic heterocycles. The van der Waals surface area contributed by atoms with Crippen molar-refractivity contribution in [1.82, 2.24) is 15.2 Å². The van der Waals surface area contributed by atoms with Crippen molar-refractivity contribution in [3.63, 3.8) is 0 Å². The summed E-state index contributed by atoms with van der Waals surface area (Å²) in [5, 5.41) is 14.7. The van der Waals surface area contributed by atoms with Crippen LogP contribution in [-0.4, -0.2) is 40.2 Å². The van der Waals surface area contributed by atoms with Crippen LogP contribution in [0.4, 0.5) is 4.79 Å². The number of carbonyl (C=O) groups is 1. The van der Waals surface area contributed by atoms with E-state index in [0.717, 1.165) is 23.4 Å². The van der Waals surface area contributed by atoms with Crippen molar-refractivity contribution in [2.75, 3.05) is 7.11 Å². The first-order valence-electron chi connectivity index (χ1n) is 9.41. The van der Waals surface area contributed by atoms with Gasteiger partial charge in [0.1, 0.15) is 11.6 Å². The van der Waals surface area contributed by atoms with Crippen LogP contribution in [0, 0.1) is 0 Å². The molecule has 1 saturated carbocycles. The van der Waals surface area contributed by atoms with Crippen molar-refractivity contribution in [3.05, 3.63) is 39.8 Å². The van der Waals surface area contributed by atoms with Crippen LogP contribution < -0.4 is 14.8 Å². The van der Waals surface area contributed by atoms with Crippen molar-refractivity contribution in [3.8, 4) is 11.5 Å². The molecule has 1 aliphatic carbocycles. The van der Waals surface area contributed by atoms with Crippen LogP contribution in [-0.2, 0) is 19.8 Å². The Labute approximate surface area is 169 Å². The monoisotopic (exact) mass is 405 g/mol. The third kappa shape index (κ3) is 5.36. The summed E-state index contributed by atoms with van der Waals surface area (Å²) in [6.07, 6.45) is 2.09. The molecule has 1 aliphatic rings. The van der Waals surface area contributed by atoms with Gasteiger partial charge >= 0.3 is 6.03 Å². The fourth-order valence-corrected chi connectivity index (χ4v) is 3.54. The summed E-state index contributed by atoms with van der Waals surface area (Å²) in [7, 11) is 1.60. The number of ether oxygens (including phenoxy) is 2. The predicted octanol–water partition coefficient (Wildman–Crippen LogP) is 3.31. The zero-order valence-corrected chi connectivity index (χ0v) is 17.3. The van der Waals surface area contributed by atoms with Gasteiger partial charge in [-0.25, -0.2) is 9.78 Å². The summed E-state index contributed by atoms with van der Waals surface area (Å²) in [5.74, 6) is 1.24. The van der Waals surface area contributed by atoms with Crippen molar-refractivity contribution in [1.29, 1.82) is 0 Å². The summed E-state index contributed by atoms with van der Waals surface area (Å²) < 4.78 is 11.3. The Hall–Kier alpha value is -2.32. The summed E-state index contributed by atoms with van der Waals surface area (Å²) in [6.45, 7) is 4.66. The summed E-state index contributed by atoms with van der Waals surface area (Å²) in [4.78, 5) is 18.7. The number of nitrogens with one attached hydrogen (secondary N) is 1. The molecule has 28 heavy (non-hydrogen) atoms. The number of aliphatic hydroxyl groups excluding tert-OH is 1. The number of rotatable bonds is 9. The minimum absolute atomic E-state index is 0.0323. The molecule has 1 fully saturated rings. The largest absolute Gasteiger partial charge is 0.493 e. The van der Waals surface area contributed by atoms with Gasteiger partial charge in [0.15, 0.2) is 11.5 Å². The Bertz CT molecular complexity index is 804. The van der Waals surface area contributed by atoms with Crippen LogP contribution >= 0.6 is 11.3 Å². The number of aromatic nitrogens is 1. The highest BCUT2D eigenvalue weighted by Crippen LogP contribution is 2.32. The van der Waals surface area contributed by atoms with E-state index >= 15 is 0 Å². The minimum atomic E-state index is -0.0786. The Morgan fingerprint density at radius 1 is 1.39 bits per heavy atom. The molecule has 0 aliphatic heterocycles. The second kappa shape index (κ2) is 9.25. The Morgan fingerprint density at radius 3 is 2.79 bits per heavy atom. The smallest absolute Gasteiger partial charge is 0.318 e. The van der Waals surface area contributed by atoms with Crippen LogP contribution in [0.1, 0.15) is 43.0 Å². The van der Waals surface area contributed by atoms with E-state index in [1.807, 2.05) is 42.3 Å². The average molecular weight is 406 g/mol. The third-order valence-electron chi connectivity index (χ3n) is 4.35. The number of benzene rings is 1. The second-order valence-corrected chi connectivity index (χ2v) is 8.07. The molecule has 3 rings (SSSR count). The van der Waals surface area contributed by atoms with Crippen LogP contribution in [0.3, 0.4) is 0 Å².